The van der Waals surface area contributed by atoms with E-state index in [1.807, 2.05) is 18.2 Å². The third kappa shape index (κ3) is 5.51. The third-order valence-corrected chi connectivity index (χ3v) is 6.32. The molecule has 2 aromatic rings. The Balaban J connectivity index is 1.22. The average molecular weight is 441 g/mol. The molecule has 2 heterocycles. The van der Waals surface area contributed by atoms with Crippen molar-refractivity contribution >= 4 is 28.9 Å². The number of likely N-dealkylation sites (tertiary alicyclic amines) is 1. The van der Waals surface area contributed by atoms with Crippen molar-refractivity contribution in [2.24, 2.45) is 5.92 Å². The highest BCUT2D eigenvalue weighted by atomic mass is 35.5. The number of halogens is 1. The summed E-state index contributed by atoms with van der Waals surface area (Å²) in [6.45, 7) is 10.5. The molecule has 1 amide bonds. The second-order valence-electron chi connectivity index (χ2n) is 8.28. The van der Waals surface area contributed by atoms with Gasteiger partial charge in [0.05, 0.1) is 5.92 Å². The van der Waals surface area contributed by atoms with Crippen LogP contribution in [0.4, 0.5) is 11.4 Å². The lowest BCUT2D eigenvalue weighted by Gasteiger charge is -2.39. The van der Waals surface area contributed by atoms with Gasteiger partial charge in [0.15, 0.2) is 0 Å². The lowest BCUT2D eigenvalue weighted by molar-refractivity contribution is -0.119. The lowest BCUT2D eigenvalue weighted by Crippen LogP contribution is -2.47. The summed E-state index contributed by atoms with van der Waals surface area (Å²) < 4.78 is 0. The maximum atomic E-state index is 12.6. The van der Waals surface area contributed by atoms with Crippen molar-refractivity contribution in [1.29, 1.82) is 0 Å². The van der Waals surface area contributed by atoms with E-state index in [1.54, 1.807) is 24.3 Å². The Morgan fingerprint density at radius 3 is 2.55 bits per heavy atom. The van der Waals surface area contributed by atoms with Crippen molar-refractivity contribution in [1.82, 2.24) is 9.80 Å². The number of carbonyl (C=O) groups is 1. The smallest absolute Gasteiger partial charge is 0.228 e. The molecule has 2 N–H and O–H groups in total. The van der Waals surface area contributed by atoms with Gasteiger partial charge in [-0.05, 0) is 55.4 Å². The summed E-state index contributed by atoms with van der Waals surface area (Å²) in [6.07, 6.45) is 0.847. The van der Waals surface area contributed by atoms with Crippen LogP contribution in [0.5, 0.6) is 5.75 Å². The molecule has 2 aromatic carbocycles. The van der Waals surface area contributed by atoms with Crippen LogP contribution in [0.1, 0.15) is 6.42 Å². The van der Waals surface area contributed by atoms with Gasteiger partial charge in [-0.3, -0.25) is 9.69 Å². The Morgan fingerprint density at radius 2 is 1.84 bits per heavy atom. The molecule has 6 nitrogen and oxygen atoms in total. The van der Waals surface area contributed by atoms with Crippen molar-refractivity contribution in [2.45, 2.75) is 6.42 Å². The van der Waals surface area contributed by atoms with Crippen molar-refractivity contribution in [3.63, 3.8) is 0 Å². The van der Waals surface area contributed by atoms with Crippen LogP contribution in [0.3, 0.4) is 0 Å². The van der Waals surface area contributed by atoms with Crippen molar-refractivity contribution in [3.05, 3.63) is 65.8 Å². The van der Waals surface area contributed by atoms with E-state index in [0.717, 1.165) is 63.0 Å². The fourth-order valence-corrected chi connectivity index (χ4v) is 4.48. The van der Waals surface area contributed by atoms with Gasteiger partial charge in [-0.1, -0.05) is 24.2 Å². The minimum Gasteiger partial charge on any atom is -0.508 e. The van der Waals surface area contributed by atoms with E-state index in [1.165, 1.54) is 5.69 Å². The van der Waals surface area contributed by atoms with Crippen LogP contribution in [0, 0.1) is 5.92 Å². The van der Waals surface area contributed by atoms with E-state index in [9.17, 15) is 9.90 Å². The molecule has 1 atom stereocenters. The van der Waals surface area contributed by atoms with Crippen LogP contribution in [0.2, 0.25) is 5.02 Å². The number of rotatable bonds is 6. The summed E-state index contributed by atoms with van der Waals surface area (Å²) >= 11 is 6.13. The standard InChI is InChI=1S/C24H29ClN4O2/c1-18(28-11-13-29(14-12-28)22-4-2-3-20(25)15-22)16-27-10-9-19(17-27)24(31)26-21-5-7-23(30)8-6-21/h2-8,15,19,30H,1,9-14,16-17H2,(H,26,31). The molecule has 164 valence electrons. The molecule has 0 aromatic heterocycles. The van der Waals surface area contributed by atoms with Gasteiger partial charge in [-0.15, -0.1) is 0 Å². The molecule has 0 spiro atoms. The number of nitrogens with zero attached hydrogens (tertiary/aromatic N) is 3. The van der Waals surface area contributed by atoms with Crippen LogP contribution < -0.4 is 10.2 Å². The molecular weight excluding hydrogens is 412 g/mol. The predicted molar refractivity (Wildman–Crippen MR) is 126 cm³/mol. The second kappa shape index (κ2) is 9.62. The molecule has 2 aliphatic heterocycles. The first-order valence-electron chi connectivity index (χ1n) is 10.7. The average Bonchev–Trinajstić information content (AvgIpc) is 3.24. The SMILES string of the molecule is C=C(CN1CCC(C(=O)Nc2ccc(O)cc2)C1)N1CCN(c2cccc(Cl)c2)CC1. The summed E-state index contributed by atoms with van der Waals surface area (Å²) in [7, 11) is 0. The Hall–Kier alpha value is -2.70. The van der Waals surface area contributed by atoms with Crippen LogP contribution in [-0.4, -0.2) is 66.6 Å². The first-order chi connectivity index (χ1) is 15.0. The molecule has 0 saturated carbocycles. The number of piperazine rings is 1. The molecule has 0 bridgehead atoms. The minimum atomic E-state index is -0.0266. The number of hydrogen-bond donors (Lipinski definition) is 2. The first kappa shape index (κ1) is 21.5. The summed E-state index contributed by atoms with van der Waals surface area (Å²) in [5, 5.41) is 13.1. The zero-order chi connectivity index (χ0) is 21.8. The zero-order valence-corrected chi connectivity index (χ0v) is 18.4. The number of anilines is 2. The number of amides is 1. The molecule has 31 heavy (non-hydrogen) atoms. The molecule has 1 unspecified atom stereocenters. The lowest BCUT2D eigenvalue weighted by atomic mass is 10.1. The molecule has 0 radical (unpaired) electrons. The number of phenols is 1. The summed E-state index contributed by atoms with van der Waals surface area (Å²) in [6, 6.07) is 14.6. The Labute approximate surface area is 188 Å². The highest BCUT2D eigenvalue weighted by molar-refractivity contribution is 6.30. The maximum absolute atomic E-state index is 12.6. The number of phenolic OH excluding ortho intramolecular Hbond substituents is 1. The largest absolute Gasteiger partial charge is 0.508 e. The minimum absolute atomic E-state index is 0.0266. The van der Waals surface area contributed by atoms with E-state index in [-0.39, 0.29) is 17.6 Å². The van der Waals surface area contributed by atoms with Gasteiger partial charge in [-0.25, -0.2) is 0 Å². The highest BCUT2D eigenvalue weighted by Crippen LogP contribution is 2.24. The van der Waals surface area contributed by atoms with Crippen LogP contribution >= 0.6 is 11.6 Å². The van der Waals surface area contributed by atoms with E-state index >= 15 is 0 Å². The number of benzene rings is 2. The topological polar surface area (TPSA) is 59.1 Å². The van der Waals surface area contributed by atoms with E-state index in [2.05, 4.69) is 32.7 Å². The first-order valence-corrected chi connectivity index (χ1v) is 11.1. The molecule has 7 heteroatoms. The molecule has 2 fully saturated rings. The zero-order valence-electron chi connectivity index (χ0n) is 17.6. The third-order valence-electron chi connectivity index (χ3n) is 6.08. The van der Waals surface area contributed by atoms with Crippen molar-refractivity contribution < 1.29 is 9.90 Å². The Kier molecular flexibility index (Phi) is 6.68. The van der Waals surface area contributed by atoms with E-state index < -0.39 is 0 Å². The number of hydrogen-bond acceptors (Lipinski definition) is 5. The summed E-state index contributed by atoms with van der Waals surface area (Å²) in [5.74, 6) is 0.201. The molecule has 0 aliphatic carbocycles. The van der Waals surface area contributed by atoms with Gasteiger partial charge in [0, 0.05) is 61.4 Å². The predicted octanol–water partition coefficient (Wildman–Crippen LogP) is 3.64. The number of carbonyl (C=O) groups excluding carboxylic acids is 1. The molecule has 2 aliphatic rings. The van der Waals surface area contributed by atoms with Gasteiger partial charge in [0.2, 0.25) is 5.91 Å². The quantitative estimate of drug-likeness (QED) is 0.671. The monoisotopic (exact) mass is 440 g/mol. The maximum Gasteiger partial charge on any atom is 0.228 e. The number of aromatic hydroxyl groups is 1. The van der Waals surface area contributed by atoms with Gasteiger partial charge in [0.1, 0.15) is 5.75 Å². The van der Waals surface area contributed by atoms with Crippen LogP contribution in [0.15, 0.2) is 60.8 Å². The highest BCUT2D eigenvalue weighted by Gasteiger charge is 2.29. The Bertz CT molecular complexity index is 925. The van der Waals surface area contributed by atoms with Gasteiger partial charge >= 0.3 is 0 Å². The van der Waals surface area contributed by atoms with E-state index in [0.29, 0.717) is 5.69 Å². The van der Waals surface area contributed by atoms with Gasteiger partial charge in [0.25, 0.3) is 0 Å². The summed E-state index contributed by atoms with van der Waals surface area (Å²) in [5.41, 5.74) is 2.99. The van der Waals surface area contributed by atoms with Gasteiger partial charge < -0.3 is 20.2 Å². The van der Waals surface area contributed by atoms with Crippen molar-refractivity contribution in [2.75, 3.05) is 56.0 Å². The summed E-state index contributed by atoms with van der Waals surface area (Å²) in [4.78, 5) is 19.6. The molecular formula is C24H29ClN4O2. The van der Waals surface area contributed by atoms with Crippen molar-refractivity contribution in [3.8, 4) is 5.75 Å². The normalized spacial score (nSPS) is 19.5. The van der Waals surface area contributed by atoms with Gasteiger partial charge in [-0.2, -0.15) is 0 Å². The number of nitrogens with one attached hydrogen (secondary N) is 1. The molecule has 4 rings (SSSR count). The fraction of sp³-hybridized carbons (Fsp3) is 0.375. The van der Waals surface area contributed by atoms with Crippen LogP contribution in [0.25, 0.3) is 0 Å². The Morgan fingerprint density at radius 1 is 1.10 bits per heavy atom. The van der Waals surface area contributed by atoms with E-state index in [4.69, 9.17) is 11.6 Å². The molecule has 2 saturated heterocycles. The fourth-order valence-electron chi connectivity index (χ4n) is 4.29. The second-order valence-corrected chi connectivity index (χ2v) is 8.71. The van der Waals surface area contributed by atoms with Crippen LogP contribution in [-0.2, 0) is 4.79 Å².